The zero-order valence-electron chi connectivity index (χ0n) is 15.9. The molecule has 2 heterocycles. The van der Waals surface area contributed by atoms with Gasteiger partial charge in [0.05, 0.1) is 18.4 Å². The average Bonchev–Trinajstić information content (AvgIpc) is 3.22. The van der Waals surface area contributed by atoms with Crippen molar-refractivity contribution in [3.05, 3.63) is 70.8 Å². The van der Waals surface area contributed by atoms with Crippen molar-refractivity contribution in [1.29, 1.82) is 0 Å². The van der Waals surface area contributed by atoms with Crippen LogP contribution >= 0.6 is 0 Å². The van der Waals surface area contributed by atoms with Crippen LogP contribution in [0.3, 0.4) is 0 Å². The molecule has 7 nitrogen and oxygen atoms in total. The summed E-state index contributed by atoms with van der Waals surface area (Å²) in [5.41, 5.74) is 1.03. The van der Waals surface area contributed by atoms with Gasteiger partial charge in [0.25, 0.3) is 0 Å². The number of amides is 2. The van der Waals surface area contributed by atoms with Gasteiger partial charge in [0.15, 0.2) is 11.6 Å². The van der Waals surface area contributed by atoms with E-state index in [-0.39, 0.29) is 24.8 Å². The number of rotatable bonds is 7. The van der Waals surface area contributed by atoms with E-state index in [0.29, 0.717) is 17.0 Å². The topological polar surface area (TPSA) is 92.6 Å². The number of carbonyl (C=O) groups excluding carboxylic acids is 2. The van der Waals surface area contributed by atoms with Crippen LogP contribution in [0.15, 0.2) is 52.3 Å². The molecule has 9 heteroatoms. The third-order valence-electron chi connectivity index (χ3n) is 4.51. The van der Waals surface area contributed by atoms with Gasteiger partial charge in [-0.2, -0.15) is 0 Å². The highest BCUT2D eigenvalue weighted by Gasteiger charge is 2.35. The number of carbonyl (C=O) groups is 2. The van der Waals surface area contributed by atoms with Crippen LogP contribution in [0.4, 0.5) is 13.6 Å². The van der Waals surface area contributed by atoms with Gasteiger partial charge in [-0.3, -0.25) is 0 Å². The number of benzene rings is 1. The van der Waals surface area contributed by atoms with E-state index in [2.05, 4.69) is 16.0 Å². The molecule has 0 spiro atoms. The standard InChI is InChI=1S/C20H21F2N3O4/c1-3-28-19(26)17-15(24-20(27)25-18(17)16-5-4-8-29-16)10-23-11(2)12-6-7-13(21)14(22)9-12/h4-9,11,18,23H,3,10H2,1-2H3,(H2,24,25,27)/t11-,18+/m0/s1. The molecule has 0 saturated carbocycles. The zero-order chi connectivity index (χ0) is 21.0. The van der Waals surface area contributed by atoms with Crippen LogP contribution in [0.2, 0.25) is 0 Å². The lowest BCUT2D eigenvalue weighted by Gasteiger charge is -2.28. The van der Waals surface area contributed by atoms with E-state index in [1.54, 1.807) is 26.0 Å². The molecule has 154 valence electrons. The molecule has 0 aliphatic carbocycles. The highest BCUT2D eigenvalue weighted by atomic mass is 19.2. The van der Waals surface area contributed by atoms with E-state index in [1.807, 2.05) is 0 Å². The summed E-state index contributed by atoms with van der Waals surface area (Å²) in [6.07, 6.45) is 1.44. The molecule has 1 aliphatic heterocycles. The fourth-order valence-electron chi connectivity index (χ4n) is 3.03. The van der Waals surface area contributed by atoms with Crippen LogP contribution in [0.5, 0.6) is 0 Å². The number of urea groups is 1. The van der Waals surface area contributed by atoms with E-state index in [1.165, 1.54) is 12.3 Å². The van der Waals surface area contributed by atoms with E-state index in [9.17, 15) is 18.4 Å². The van der Waals surface area contributed by atoms with Gasteiger partial charge in [0.2, 0.25) is 0 Å². The van der Waals surface area contributed by atoms with Crippen LogP contribution in [-0.2, 0) is 9.53 Å². The van der Waals surface area contributed by atoms with Crippen molar-refractivity contribution < 1.29 is 27.5 Å². The molecule has 1 aromatic carbocycles. The Morgan fingerprint density at radius 1 is 1.31 bits per heavy atom. The number of nitrogens with one attached hydrogen (secondary N) is 3. The summed E-state index contributed by atoms with van der Waals surface area (Å²) < 4.78 is 37.2. The van der Waals surface area contributed by atoms with Crippen molar-refractivity contribution in [2.75, 3.05) is 13.2 Å². The maximum atomic E-state index is 13.5. The van der Waals surface area contributed by atoms with Gasteiger partial charge in [-0.05, 0) is 43.7 Å². The molecular weight excluding hydrogens is 384 g/mol. The maximum Gasteiger partial charge on any atom is 0.338 e. The lowest BCUT2D eigenvalue weighted by atomic mass is 9.99. The van der Waals surface area contributed by atoms with Crippen molar-refractivity contribution in [3.63, 3.8) is 0 Å². The van der Waals surface area contributed by atoms with Gasteiger partial charge in [-0.15, -0.1) is 0 Å². The molecule has 2 aromatic rings. The highest BCUT2D eigenvalue weighted by molar-refractivity contribution is 5.95. The van der Waals surface area contributed by atoms with Gasteiger partial charge >= 0.3 is 12.0 Å². The lowest BCUT2D eigenvalue weighted by Crippen LogP contribution is -2.48. The van der Waals surface area contributed by atoms with Crippen LogP contribution in [-0.4, -0.2) is 25.2 Å². The number of ether oxygens (including phenoxy) is 1. The first kappa shape index (κ1) is 20.5. The lowest BCUT2D eigenvalue weighted by molar-refractivity contribution is -0.139. The Morgan fingerprint density at radius 2 is 2.10 bits per heavy atom. The number of hydrogen-bond donors (Lipinski definition) is 3. The van der Waals surface area contributed by atoms with Crippen molar-refractivity contribution >= 4 is 12.0 Å². The molecule has 29 heavy (non-hydrogen) atoms. The largest absolute Gasteiger partial charge is 0.467 e. The van der Waals surface area contributed by atoms with Gasteiger partial charge in [-0.25, -0.2) is 18.4 Å². The Hall–Kier alpha value is -3.20. The Balaban J connectivity index is 1.87. The predicted molar refractivity (Wildman–Crippen MR) is 99.6 cm³/mol. The molecule has 0 unspecified atom stereocenters. The Morgan fingerprint density at radius 3 is 2.76 bits per heavy atom. The predicted octanol–water partition coefficient (Wildman–Crippen LogP) is 3.08. The number of halogens is 2. The summed E-state index contributed by atoms with van der Waals surface area (Å²) in [6, 6.07) is 5.20. The van der Waals surface area contributed by atoms with Crippen LogP contribution < -0.4 is 16.0 Å². The minimum Gasteiger partial charge on any atom is -0.467 e. The second kappa shape index (κ2) is 8.87. The molecule has 1 aromatic heterocycles. The quantitative estimate of drug-likeness (QED) is 0.616. The fourth-order valence-corrected chi connectivity index (χ4v) is 3.03. The highest BCUT2D eigenvalue weighted by Crippen LogP contribution is 2.28. The molecule has 2 amide bonds. The second-order valence-electron chi connectivity index (χ2n) is 6.44. The first-order valence-corrected chi connectivity index (χ1v) is 9.10. The molecule has 0 radical (unpaired) electrons. The van der Waals surface area contributed by atoms with Crippen LogP contribution in [0.25, 0.3) is 0 Å². The zero-order valence-corrected chi connectivity index (χ0v) is 15.9. The molecule has 2 atom stereocenters. The number of furan rings is 1. The van der Waals surface area contributed by atoms with Gasteiger partial charge in [0, 0.05) is 18.3 Å². The summed E-state index contributed by atoms with van der Waals surface area (Å²) in [5.74, 6) is -2.09. The molecule has 3 N–H and O–H groups in total. The molecule has 0 saturated heterocycles. The third kappa shape index (κ3) is 4.62. The normalized spacial score (nSPS) is 17.5. The van der Waals surface area contributed by atoms with E-state index in [4.69, 9.17) is 9.15 Å². The van der Waals surface area contributed by atoms with Gasteiger partial charge < -0.3 is 25.1 Å². The van der Waals surface area contributed by atoms with Crippen LogP contribution in [0.1, 0.15) is 37.3 Å². The number of esters is 1. The first-order chi connectivity index (χ1) is 13.9. The van der Waals surface area contributed by atoms with E-state index in [0.717, 1.165) is 12.1 Å². The van der Waals surface area contributed by atoms with Crippen molar-refractivity contribution in [2.24, 2.45) is 0 Å². The Bertz CT molecular complexity index is 928. The van der Waals surface area contributed by atoms with Crippen molar-refractivity contribution in [2.45, 2.75) is 25.9 Å². The molecule has 1 aliphatic rings. The third-order valence-corrected chi connectivity index (χ3v) is 4.51. The fraction of sp³-hybridized carbons (Fsp3) is 0.300. The van der Waals surface area contributed by atoms with Crippen LogP contribution in [0, 0.1) is 11.6 Å². The average molecular weight is 405 g/mol. The van der Waals surface area contributed by atoms with Crippen molar-refractivity contribution in [3.8, 4) is 0 Å². The first-order valence-electron chi connectivity index (χ1n) is 9.10. The molecule has 3 rings (SSSR count). The van der Waals surface area contributed by atoms with Gasteiger partial charge in [0.1, 0.15) is 11.8 Å². The summed E-state index contributed by atoms with van der Waals surface area (Å²) in [4.78, 5) is 24.7. The minimum absolute atomic E-state index is 0.0823. The van der Waals surface area contributed by atoms with Crippen molar-refractivity contribution in [1.82, 2.24) is 16.0 Å². The molecule has 0 fully saturated rings. The smallest absolute Gasteiger partial charge is 0.338 e. The Labute approximate surface area is 166 Å². The van der Waals surface area contributed by atoms with E-state index < -0.39 is 29.7 Å². The summed E-state index contributed by atoms with van der Waals surface area (Å²) in [6.45, 7) is 3.68. The summed E-state index contributed by atoms with van der Waals surface area (Å²) in [7, 11) is 0. The monoisotopic (exact) mass is 405 g/mol. The molecular formula is C20H21F2N3O4. The SMILES string of the molecule is CCOC(=O)C1=C(CN[C@@H](C)c2ccc(F)c(F)c2)NC(=O)N[C@@H]1c1ccco1. The second-order valence-corrected chi connectivity index (χ2v) is 6.44. The molecule has 0 bridgehead atoms. The Kier molecular flexibility index (Phi) is 6.28. The number of hydrogen-bond acceptors (Lipinski definition) is 5. The summed E-state index contributed by atoms with van der Waals surface area (Å²) in [5, 5.41) is 8.37. The minimum atomic E-state index is -0.948. The van der Waals surface area contributed by atoms with Gasteiger partial charge in [-0.1, -0.05) is 6.07 Å². The van der Waals surface area contributed by atoms with E-state index >= 15 is 0 Å². The maximum absolute atomic E-state index is 13.5. The summed E-state index contributed by atoms with van der Waals surface area (Å²) >= 11 is 0.